The lowest BCUT2D eigenvalue weighted by atomic mass is 10.0. The zero-order chi connectivity index (χ0) is 41.2. The van der Waals surface area contributed by atoms with E-state index in [0.717, 1.165) is 56.4 Å². The maximum Gasteiger partial charge on any atom is 0.160 e. The van der Waals surface area contributed by atoms with Gasteiger partial charge in [-0.05, 0) is 95.1 Å². The van der Waals surface area contributed by atoms with Crippen molar-refractivity contribution < 1.29 is 0 Å². The molecule has 0 amide bonds. The Balaban J connectivity index is 0.975. The minimum atomic E-state index is 0.701. The number of rotatable bonds is 9. The van der Waals surface area contributed by atoms with E-state index in [-0.39, 0.29) is 0 Å². The Bertz CT molecular complexity index is 3230. The second kappa shape index (κ2) is 16.0. The molecule has 4 nitrogen and oxygen atoms in total. The van der Waals surface area contributed by atoms with Gasteiger partial charge in [0.2, 0.25) is 0 Å². The van der Waals surface area contributed by atoms with Gasteiger partial charge in [-0.3, -0.25) is 0 Å². The second-order valence-corrected chi connectivity index (χ2v) is 15.5. The SMILES string of the molecule is c1ccc(-c2ccc(N(c3ccc(-c4ccc5c(c4)c4ccccc4n5-c4ccccc4)cc3)c3ccc(-c4cc(-c5ccccc5)nc(-c5ccccc5)n4)cc3)cc2)cc1. The van der Waals surface area contributed by atoms with Gasteiger partial charge in [-0.25, -0.2) is 9.97 Å². The molecule has 0 radical (unpaired) electrons. The summed E-state index contributed by atoms with van der Waals surface area (Å²) in [5.74, 6) is 0.701. The molecule has 0 spiro atoms. The fraction of sp³-hybridized carbons (Fsp3) is 0. The Morgan fingerprint density at radius 1 is 0.290 bits per heavy atom. The lowest BCUT2D eigenvalue weighted by molar-refractivity contribution is 1.18. The average Bonchev–Trinajstić information content (AvgIpc) is 3.69. The van der Waals surface area contributed by atoms with E-state index < -0.39 is 0 Å². The van der Waals surface area contributed by atoms with Gasteiger partial charge in [-0.1, -0.05) is 170 Å². The lowest BCUT2D eigenvalue weighted by Gasteiger charge is -2.26. The van der Waals surface area contributed by atoms with Crippen molar-refractivity contribution in [2.45, 2.75) is 0 Å². The lowest BCUT2D eigenvalue weighted by Crippen LogP contribution is -2.09. The maximum absolute atomic E-state index is 5.09. The highest BCUT2D eigenvalue weighted by Gasteiger charge is 2.17. The normalized spacial score (nSPS) is 11.2. The standard InChI is InChI=1S/C58H40N4/c1-5-15-41(16-6-1)42-25-32-49(33-26-42)61(51-36-29-45(30-37-51)55-40-54(44-17-7-2-8-18-44)59-58(60-55)46-19-9-3-10-20-46)50-34-27-43(28-35-50)47-31-38-57-53(39-47)52-23-13-14-24-56(52)62(57)48-21-11-4-12-22-48/h1-40H. The molecule has 0 unspecified atom stereocenters. The van der Waals surface area contributed by atoms with Crippen molar-refractivity contribution in [3.8, 4) is 61.8 Å². The van der Waals surface area contributed by atoms with E-state index in [1.165, 1.54) is 38.5 Å². The molecule has 292 valence electrons. The molecule has 0 bridgehead atoms. The summed E-state index contributed by atoms with van der Waals surface area (Å²) in [6.45, 7) is 0. The van der Waals surface area contributed by atoms with Gasteiger partial charge in [-0.15, -0.1) is 0 Å². The average molecular weight is 793 g/mol. The summed E-state index contributed by atoms with van der Waals surface area (Å²) in [6, 6.07) is 85.8. The monoisotopic (exact) mass is 792 g/mol. The summed E-state index contributed by atoms with van der Waals surface area (Å²) < 4.78 is 2.36. The van der Waals surface area contributed by atoms with Crippen molar-refractivity contribution in [2.24, 2.45) is 0 Å². The van der Waals surface area contributed by atoms with Gasteiger partial charge in [0.05, 0.1) is 22.4 Å². The molecular weight excluding hydrogens is 753 g/mol. The van der Waals surface area contributed by atoms with Crippen molar-refractivity contribution in [1.29, 1.82) is 0 Å². The van der Waals surface area contributed by atoms with E-state index in [4.69, 9.17) is 9.97 Å². The third kappa shape index (κ3) is 7.00. The van der Waals surface area contributed by atoms with Crippen molar-refractivity contribution in [2.75, 3.05) is 4.90 Å². The van der Waals surface area contributed by atoms with Gasteiger partial charge in [0.25, 0.3) is 0 Å². The third-order valence-electron chi connectivity index (χ3n) is 11.6. The van der Waals surface area contributed by atoms with Crippen molar-refractivity contribution in [3.63, 3.8) is 0 Å². The van der Waals surface area contributed by atoms with Crippen LogP contribution in [0.5, 0.6) is 0 Å². The highest BCUT2D eigenvalue weighted by molar-refractivity contribution is 6.10. The number of aromatic nitrogens is 3. The first-order chi connectivity index (χ1) is 30.7. The number of anilines is 3. The van der Waals surface area contributed by atoms with Gasteiger partial charge in [0.15, 0.2) is 5.82 Å². The highest BCUT2D eigenvalue weighted by Crippen LogP contribution is 2.40. The van der Waals surface area contributed by atoms with Crippen LogP contribution in [0.4, 0.5) is 17.1 Å². The van der Waals surface area contributed by atoms with Gasteiger partial charge in [0.1, 0.15) is 0 Å². The Hall–Kier alpha value is -8.34. The van der Waals surface area contributed by atoms with Crippen LogP contribution >= 0.6 is 0 Å². The van der Waals surface area contributed by atoms with Gasteiger partial charge in [-0.2, -0.15) is 0 Å². The highest BCUT2D eigenvalue weighted by atomic mass is 15.1. The molecule has 4 heteroatoms. The number of hydrogen-bond acceptors (Lipinski definition) is 3. The van der Waals surface area contributed by atoms with E-state index in [9.17, 15) is 0 Å². The Morgan fingerprint density at radius 2 is 0.694 bits per heavy atom. The molecular formula is C58H40N4. The number of benzene rings is 9. The molecule has 0 fully saturated rings. The number of hydrogen-bond donors (Lipinski definition) is 0. The minimum Gasteiger partial charge on any atom is -0.311 e. The van der Waals surface area contributed by atoms with Gasteiger partial charge >= 0.3 is 0 Å². The Kier molecular flexibility index (Phi) is 9.49. The van der Waals surface area contributed by atoms with E-state index in [0.29, 0.717) is 5.82 Å². The van der Waals surface area contributed by atoms with Crippen LogP contribution in [0.1, 0.15) is 0 Å². The van der Waals surface area contributed by atoms with Crippen molar-refractivity contribution in [1.82, 2.24) is 14.5 Å². The summed E-state index contributed by atoms with van der Waals surface area (Å²) in [7, 11) is 0. The smallest absolute Gasteiger partial charge is 0.160 e. The first kappa shape index (κ1) is 36.7. The molecule has 11 rings (SSSR count). The fourth-order valence-electron chi connectivity index (χ4n) is 8.54. The molecule has 11 aromatic rings. The fourth-order valence-corrected chi connectivity index (χ4v) is 8.54. The predicted octanol–water partition coefficient (Wildman–Crippen LogP) is 15.4. The summed E-state index contributed by atoms with van der Waals surface area (Å²) in [5, 5.41) is 2.48. The van der Waals surface area contributed by atoms with Gasteiger partial charge < -0.3 is 9.47 Å². The van der Waals surface area contributed by atoms with E-state index in [1.807, 2.05) is 36.4 Å². The van der Waals surface area contributed by atoms with E-state index in [1.54, 1.807) is 0 Å². The topological polar surface area (TPSA) is 34.0 Å². The summed E-state index contributed by atoms with van der Waals surface area (Å²) in [6.07, 6.45) is 0. The summed E-state index contributed by atoms with van der Waals surface area (Å²) >= 11 is 0. The van der Waals surface area contributed by atoms with Crippen LogP contribution in [0.2, 0.25) is 0 Å². The molecule has 0 aliphatic heterocycles. The van der Waals surface area contributed by atoms with Crippen LogP contribution in [0, 0.1) is 0 Å². The van der Waals surface area contributed by atoms with Crippen LogP contribution in [0.15, 0.2) is 243 Å². The van der Waals surface area contributed by atoms with E-state index in [2.05, 4.69) is 216 Å². The van der Waals surface area contributed by atoms with Crippen LogP contribution < -0.4 is 4.90 Å². The quantitative estimate of drug-likeness (QED) is 0.146. The van der Waals surface area contributed by atoms with Crippen LogP contribution in [-0.4, -0.2) is 14.5 Å². The zero-order valence-corrected chi connectivity index (χ0v) is 33.9. The molecule has 62 heavy (non-hydrogen) atoms. The molecule has 9 aromatic carbocycles. The second-order valence-electron chi connectivity index (χ2n) is 15.5. The minimum absolute atomic E-state index is 0.701. The first-order valence-electron chi connectivity index (χ1n) is 21.0. The largest absolute Gasteiger partial charge is 0.311 e. The molecule has 0 aliphatic carbocycles. The van der Waals surface area contributed by atoms with Crippen molar-refractivity contribution >= 4 is 38.9 Å². The first-order valence-corrected chi connectivity index (χ1v) is 21.0. The molecule has 0 saturated carbocycles. The van der Waals surface area contributed by atoms with Crippen molar-refractivity contribution in [3.05, 3.63) is 243 Å². The molecule has 2 heterocycles. The molecule has 0 saturated heterocycles. The summed E-state index contributed by atoms with van der Waals surface area (Å²) in [4.78, 5) is 12.4. The van der Waals surface area contributed by atoms with Gasteiger partial charge in [0, 0.05) is 50.2 Å². The molecule has 0 N–H and O–H groups in total. The Morgan fingerprint density at radius 3 is 1.27 bits per heavy atom. The molecule has 0 atom stereocenters. The number of fused-ring (bicyclic) bond motifs is 3. The molecule has 0 aliphatic rings. The van der Waals surface area contributed by atoms with E-state index >= 15 is 0 Å². The maximum atomic E-state index is 5.09. The number of nitrogens with zero attached hydrogens (tertiary/aromatic N) is 4. The zero-order valence-electron chi connectivity index (χ0n) is 33.9. The van der Waals surface area contributed by atoms with Crippen LogP contribution in [0.25, 0.3) is 83.6 Å². The molecule has 2 aromatic heterocycles. The Labute approximate surface area is 361 Å². The van der Waals surface area contributed by atoms with Crippen LogP contribution in [0.3, 0.4) is 0 Å². The third-order valence-corrected chi connectivity index (χ3v) is 11.6. The predicted molar refractivity (Wildman–Crippen MR) is 258 cm³/mol. The summed E-state index contributed by atoms with van der Waals surface area (Å²) in [5.41, 5.74) is 16.3. The van der Waals surface area contributed by atoms with Crippen LogP contribution in [-0.2, 0) is 0 Å². The number of para-hydroxylation sites is 2.